The molecule has 0 N–H and O–H groups in total. The minimum atomic E-state index is -0.654. The van der Waals surface area contributed by atoms with Gasteiger partial charge in [-0.15, -0.1) is 0 Å². The smallest absolute Gasteiger partial charge is 0.416 e. The van der Waals surface area contributed by atoms with Gasteiger partial charge in [-0.05, 0) is 23.8 Å². The van der Waals surface area contributed by atoms with Crippen LogP contribution in [0.1, 0.15) is 5.56 Å². The minimum absolute atomic E-state index is 0.0217. The van der Waals surface area contributed by atoms with Crippen molar-refractivity contribution >= 4 is 23.8 Å². The fourth-order valence-electron chi connectivity index (χ4n) is 1.56. The van der Waals surface area contributed by atoms with E-state index >= 15 is 0 Å². The largest absolute Gasteiger partial charge is 0.447 e. The Bertz CT molecular complexity index is 550. The number of hydrogen-bond donors (Lipinski definition) is 0. The molecule has 0 atom stereocenters. The van der Waals surface area contributed by atoms with Gasteiger partial charge in [0.25, 0.3) is 11.6 Å². The van der Waals surface area contributed by atoms with Crippen molar-refractivity contribution in [1.82, 2.24) is 4.90 Å². The third-order valence-electron chi connectivity index (χ3n) is 2.55. The van der Waals surface area contributed by atoms with Gasteiger partial charge < -0.3 is 4.74 Å². The van der Waals surface area contributed by atoms with E-state index in [4.69, 9.17) is 0 Å². The lowest BCUT2D eigenvalue weighted by atomic mass is 10.2. The summed E-state index contributed by atoms with van der Waals surface area (Å²) in [4.78, 5) is 33.7. The summed E-state index contributed by atoms with van der Waals surface area (Å²) < 4.78 is 4.64. The zero-order valence-electron chi connectivity index (χ0n) is 9.81. The summed E-state index contributed by atoms with van der Waals surface area (Å²) in [6, 6.07) is 5.72. The van der Waals surface area contributed by atoms with Crippen molar-refractivity contribution < 1.29 is 19.2 Å². The molecule has 7 heteroatoms. The molecular weight excluding hydrogens is 252 g/mol. The maximum absolute atomic E-state index is 11.6. The highest BCUT2D eigenvalue weighted by molar-refractivity contribution is 6.01. The van der Waals surface area contributed by atoms with E-state index in [2.05, 4.69) is 4.74 Å². The molecule has 0 aromatic heterocycles. The molecule has 1 aliphatic heterocycles. The highest BCUT2D eigenvalue weighted by Gasteiger charge is 2.26. The van der Waals surface area contributed by atoms with Gasteiger partial charge in [-0.3, -0.25) is 14.9 Å². The van der Waals surface area contributed by atoms with Crippen LogP contribution < -0.4 is 0 Å². The normalized spacial score (nSPS) is 14.7. The average molecular weight is 262 g/mol. The van der Waals surface area contributed by atoms with Crippen molar-refractivity contribution in [3.05, 3.63) is 46.0 Å². The summed E-state index contributed by atoms with van der Waals surface area (Å²) in [7, 11) is 0. The van der Waals surface area contributed by atoms with Gasteiger partial charge in [0.1, 0.15) is 6.61 Å². The van der Waals surface area contributed by atoms with E-state index in [1.54, 1.807) is 0 Å². The van der Waals surface area contributed by atoms with Crippen molar-refractivity contribution in [2.24, 2.45) is 0 Å². The van der Waals surface area contributed by atoms with Crippen molar-refractivity contribution in [2.45, 2.75) is 0 Å². The van der Waals surface area contributed by atoms with Gasteiger partial charge in [0, 0.05) is 18.2 Å². The Morgan fingerprint density at radius 2 is 2.05 bits per heavy atom. The highest BCUT2D eigenvalue weighted by atomic mass is 16.6. The van der Waals surface area contributed by atoms with E-state index in [-0.39, 0.29) is 18.8 Å². The predicted octanol–water partition coefficient (Wildman–Crippen LogP) is 1.59. The maximum atomic E-state index is 11.6. The second-order valence-electron chi connectivity index (χ2n) is 3.79. The second kappa shape index (κ2) is 5.30. The van der Waals surface area contributed by atoms with Crippen LogP contribution in [0.5, 0.6) is 0 Å². The Labute approximate surface area is 108 Å². The number of benzene rings is 1. The van der Waals surface area contributed by atoms with Crippen LogP contribution in [-0.4, -0.2) is 35.0 Å². The van der Waals surface area contributed by atoms with E-state index in [1.807, 2.05) is 0 Å². The Kier molecular flexibility index (Phi) is 3.56. The number of nitro groups is 1. The van der Waals surface area contributed by atoms with Crippen LogP contribution in [0.15, 0.2) is 30.3 Å². The van der Waals surface area contributed by atoms with Gasteiger partial charge in [0.15, 0.2) is 0 Å². The Hall–Kier alpha value is -2.70. The molecule has 1 heterocycles. The maximum Gasteiger partial charge on any atom is 0.416 e. The SMILES string of the molecule is O=C(C=Cc1ccc([N+](=O)[O-])cc1)N1CCOC1=O. The molecule has 0 saturated carbocycles. The fraction of sp³-hybridized carbons (Fsp3) is 0.167. The number of ether oxygens (including phenoxy) is 1. The van der Waals surface area contributed by atoms with Crippen LogP contribution in [0.25, 0.3) is 6.08 Å². The lowest BCUT2D eigenvalue weighted by Gasteiger charge is -2.06. The van der Waals surface area contributed by atoms with Gasteiger partial charge in [0.2, 0.25) is 0 Å². The number of cyclic esters (lactones) is 1. The third-order valence-corrected chi connectivity index (χ3v) is 2.55. The molecule has 1 aromatic rings. The lowest BCUT2D eigenvalue weighted by molar-refractivity contribution is -0.384. The molecular formula is C12H10N2O5. The Morgan fingerprint density at radius 1 is 1.37 bits per heavy atom. The Balaban J connectivity index is 2.04. The number of carbonyl (C=O) groups is 2. The van der Waals surface area contributed by atoms with Crippen molar-refractivity contribution in [2.75, 3.05) is 13.2 Å². The summed E-state index contributed by atoms with van der Waals surface area (Å²) in [5.41, 5.74) is 0.609. The molecule has 19 heavy (non-hydrogen) atoms. The van der Waals surface area contributed by atoms with Gasteiger partial charge >= 0.3 is 6.09 Å². The molecule has 2 rings (SSSR count). The number of rotatable bonds is 3. The van der Waals surface area contributed by atoms with Crippen molar-refractivity contribution in [1.29, 1.82) is 0 Å². The number of non-ortho nitro benzene ring substituents is 1. The lowest BCUT2D eigenvalue weighted by Crippen LogP contribution is -2.29. The first-order valence-corrected chi connectivity index (χ1v) is 5.49. The number of nitro benzene ring substituents is 1. The molecule has 1 fully saturated rings. The predicted molar refractivity (Wildman–Crippen MR) is 65.2 cm³/mol. The second-order valence-corrected chi connectivity index (χ2v) is 3.79. The zero-order valence-corrected chi connectivity index (χ0v) is 9.81. The van der Waals surface area contributed by atoms with E-state index in [1.165, 1.54) is 36.4 Å². The van der Waals surface area contributed by atoms with Gasteiger partial charge in [-0.1, -0.05) is 0 Å². The van der Waals surface area contributed by atoms with E-state index in [0.717, 1.165) is 4.90 Å². The molecule has 0 unspecified atom stereocenters. The molecule has 7 nitrogen and oxygen atoms in total. The van der Waals surface area contributed by atoms with Crippen molar-refractivity contribution in [3.63, 3.8) is 0 Å². The van der Waals surface area contributed by atoms with Crippen molar-refractivity contribution in [3.8, 4) is 0 Å². The van der Waals surface area contributed by atoms with Gasteiger partial charge in [-0.25, -0.2) is 9.69 Å². The molecule has 0 bridgehead atoms. The fourth-order valence-corrected chi connectivity index (χ4v) is 1.56. The first-order valence-electron chi connectivity index (χ1n) is 5.49. The first-order chi connectivity index (χ1) is 9.08. The molecule has 0 radical (unpaired) electrons. The molecule has 98 valence electrons. The van der Waals surface area contributed by atoms with E-state index in [9.17, 15) is 19.7 Å². The minimum Gasteiger partial charge on any atom is -0.447 e. The van der Waals surface area contributed by atoms with Crippen LogP contribution in [0.2, 0.25) is 0 Å². The molecule has 2 amide bonds. The summed E-state index contributed by atoms with van der Waals surface area (Å²) in [5.74, 6) is -0.471. The van der Waals surface area contributed by atoms with E-state index in [0.29, 0.717) is 5.56 Å². The quantitative estimate of drug-likeness (QED) is 0.468. The number of hydrogen-bond acceptors (Lipinski definition) is 5. The van der Waals surface area contributed by atoms with Gasteiger partial charge in [-0.2, -0.15) is 0 Å². The number of carbonyl (C=O) groups excluding carboxylic acids is 2. The number of imide groups is 1. The topological polar surface area (TPSA) is 89.8 Å². The van der Waals surface area contributed by atoms with Crippen LogP contribution >= 0.6 is 0 Å². The van der Waals surface area contributed by atoms with Crippen LogP contribution in [0.4, 0.5) is 10.5 Å². The molecule has 0 aliphatic carbocycles. The standard InChI is InChI=1S/C12H10N2O5/c15-11(13-7-8-19-12(13)16)6-3-9-1-4-10(5-2-9)14(17)18/h1-6H,7-8H2. The highest BCUT2D eigenvalue weighted by Crippen LogP contribution is 2.13. The zero-order chi connectivity index (χ0) is 13.8. The molecule has 1 aliphatic rings. The molecule has 1 saturated heterocycles. The average Bonchev–Trinajstić information content (AvgIpc) is 2.83. The third kappa shape index (κ3) is 2.95. The summed E-state index contributed by atoms with van der Waals surface area (Å²) in [6.45, 7) is 0.443. The van der Waals surface area contributed by atoms with Crippen LogP contribution in [-0.2, 0) is 9.53 Å². The monoisotopic (exact) mass is 262 g/mol. The Morgan fingerprint density at radius 3 is 2.58 bits per heavy atom. The van der Waals surface area contributed by atoms with Crippen LogP contribution in [0, 0.1) is 10.1 Å². The van der Waals surface area contributed by atoms with Crippen LogP contribution in [0.3, 0.4) is 0 Å². The number of amides is 2. The first kappa shape index (κ1) is 12.7. The summed E-state index contributed by atoms with van der Waals surface area (Å²) in [5, 5.41) is 10.5. The molecule has 1 aromatic carbocycles. The van der Waals surface area contributed by atoms with E-state index < -0.39 is 16.9 Å². The summed E-state index contributed by atoms with van der Waals surface area (Å²) >= 11 is 0. The summed E-state index contributed by atoms with van der Waals surface area (Å²) in [6.07, 6.45) is 2.06. The number of nitrogens with zero attached hydrogens (tertiary/aromatic N) is 2. The molecule has 0 spiro atoms. The van der Waals surface area contributed by atoms with Gasteiger partial charge in [0.05, 0.1) is 11.5 Å².